The molecule has 160 valence electrons. The van der Waals surface area contributed by atoms with Gasteiger partial charge < -0.3 is 14.5 Å². The number of benzene rings is 2. The number of carbonyl (C=O) groups is 2. The number of hydrogen-bond donors (Lipinski definition) is 0. The quantitative estimate of drug-likeness (QED) is 0.623. The molecule has 0 radical (unpaired) electrons. The molecule has 5 nitrogen and oxygen atoms in total. The molecule has 0 N–H and O–H groups in total. The van der Waals surface area contributed by atoms with Crippen LogP contribution in [0.1, 0.15) is 35.2 Å². The Labute approximate surface area is 177 Å². The van der Waals surface area contributed by atoms with Crippen molar-refractivity contribution in [2.45, 2.75) is 25.7 Å². The first kappa shape index (κ1) is 22.0. The number of amides is 2. The Kier molecular flexibility index (Phi) is 8.39. The number of nitrogens with zero attached hydrogens (tertiary/aromatic N) is 2. The Morgan fingerprint density at radius 1 is 0.867 bits per heavy atom. The number of halogens is 1. The molecule has 1 aliphatic heterocycles. The van der Waals surface area contributed by atoms with E-state index in [0.29, 0.717) is 58.7 Å². The minimum absolute atomic E-state index is 0.0850. The second-order valence-electron chi connectivity index (χ2n) is 7.46. The number of rotatable bonds is 8. The molecule has 0 aliphatic carbocycles. The lowest BCUT2D eigenvalue weighted by molar-refractivity contribution is -0.131. The monoisotopic (exact) mass is 412 g/mol. The molecular weight excluding hydrogens is 383 g/mol. The highest BCUT2D eigenvalue weighted by atomic mass is 19.1. The standard InChI is InChI=1S/C24H29FN2O3/c25-22-11-5-4-10-21(22)24(29)27-15-7-14-26(16-17-27)23(28)12-6-18-30-19-13-20-8-2-1-3-9-20/h1-5,8-11H,6-7,12-19H2. The topological polar surface area (TPSA) is 49.9 Å². The van der Waals surface area contributed by atoms with E-state index < -0.39 is 5.82 Å². The van der Waals surface area contributed by atoms with E-state index in [9.17, 15) is 14.0 Å². The third kappa shape index (κ3) is 6.39. The highest BCUT2D eigenvalue weighted by molar-refractivity contribution is 5.94. The molecule has 30 heavy (non-hydrogen) atoms. The van der Waals surface area contributed by atoms with E-state index in [1.807, 2.05) is 18.2 Å². The maximum Gasteiger partial charge on any atom is 0.256 e. The lowest BCUT2D eigenvalue weighted by atomic mass is 10.2. The van der Waals surface area contributed by atoms with Gasteiger partial charge in [0.2, 0.25) is 5.91 Å². The van der Waals surface area contributed by atoms with Crippen LogP contribution in [0.2, 0.25) is 0 Å². The fourth-order valence-electron chi connectivity index (χ4n) is 3.60. The summed E-state index contributed by atoms with van der Waals surface area (Å²) < 4.78 is 19.6. The van der Waals surface area contributed by atoms with E-state index >= 15 is 0 Å². The van der Waals surface area contributed by atoms with E-state index in [0.717, 1.165) is 6.42 Å². The molecule has 0 saturated carbocycles. The van der Waals surface area contributed by atoms with Gasteiger partial charge in [0.05, 0.1) is 12.2 Å². The van der Waals surface area contributed by atoms with Gasteiger partial charge in [0.15, 0.2) is 0 Å². The van der Waals surface area contributed by atoms with Gasteiger partial charge in [-0.25, -0.2) is 4.39 Å². The third-order valence-electron chi connectivity index (χ3n) is 5.30. The summed E-state index contributed by atoms with van der Waals surface area (Å²) in [6.45, 7) is 3.26. The molecule has 0 spiro atoms. The van der Waals surface area contributed by atoms with Crippen molar-refractivity contribution < 1.29 is 18.7 Å². The maximum atomic E-state index is 13.9. The van der Waals surface area contributed by atoms with Crippen molar-refractivity contribution in [1.29, 1.82) is 0 Å². The van der Waals surface area contributed by atoms with E-state index in [1.165, 1.54) is 17.7 Å². The van der Waals surface area contributed by atoms with Crippen LogP contribution in [0.15, 0.2) is 54.6 Å². The van der Waals surface area contributed by atoms with Crippen molar-refractivity contribution in [3.05, 3.63) is 71.5 Å². The summed E-state index contributed by atoms with van der Waals surface area (Å²) in [5, 5.41) is 0. The van der Waals surface area contributed by atoms with Crippen LogP contribution in [-0.2, 0) is 16.0 Å². The van der Waals surface area contributed by atoms with Crippen molar-refractivity contribution in [2.75, 3.05) is 39.4 Å². The second-order valence-corrected chi connectivity index (χ2v) is 7.46. The second kappa shape index (κ2) is 11.5. The highest BCUT2D eigenvalue weighted by Gasteiger charge is 2.24. The van der Waals surface area contributed by atoms with Crippen LogP contribution in [0, 0.1) is 5.82 Å². The van der Waals surface area contributed by atoms with Crippen LogP contribution >= 0.6 is 0 Å². The Hall–Kier alpha value is -2.73. The molecule has 2 amide bonds. The fourth-order valence-corrected chi connectivity index (χ4v) is 3.60. The predicted octanol–water partition coefficient (Wildman–Crippen LogP) is 3.54. The number of hydrogen-bond acceptors (Lipinski definition) is 3. The molecule has 1 saturated heterocycles. The van der Waals surface area contributed by atoms with Crippen LogP contribution in [0.3, 0.4) is 0 Å². The fraction of sp³-hybridized carbons (Fsp3) is 0.417. The average molecular weight is 413 g/mol. The van der Waals surface area contributed by atoms with Crippen LogP contribution in [0.5, 0.6) is 0 Å². The van der Waals surface area contributed by atoms with Gasteiger partial charge >= 0.3 is 0 Å². The van der Waals surface area contributed by atoms with Crippen LogP contribution in [-0.4, -0.2) is 61.0 Å². The molecular formula is C24H29FN2O3. The van der Waals surface area contributed by atoms with Crippen molar-refractivity contribution in [3.8, 4) is 0 Å². The van der Waals surface area contributed by atoms with E-state index in [1.54, 1.807) is 21.9 Å². The van der Waals surface area contributed by atoms with Crippen LogP contribution < -0.4 is 0 Å². The zero-order chi connectivity index (χ0) is 21.2. The predicted molar refractivity (Wildman–Crippen MR) is 114 cm³/mol. The van der Waals surface area contributed by atoms with Crippen LogP contribution in [0.4, 0.5) is 4.39 Å². The SMILES string of the molecule is O=C(CCCOCCc1ccccc1)N1CCCN(C(=O)c2ccccc2F)CC1. The Bertz CT molecular complexity index is 828. The van der Waals surface area contributed by atoms with E-state index in [-0.39, 0.29) is 17.4 Å². The van der Waals surface area contributed by atoms with Crippen molar-refractivity contribution in [1.82, 2.24) is 9.80 Å². The molecule has 1 fully saturated rings. The summed E-state index contributed by atoms with van der Waals surface area (Å²) in [5.41, 5.74) is 1.33. The normalized spacial score (nSPS) is 14.4. The van der Waals surface area contributed by atoms with Gasteiger partial charge in [-0.15, -0.1) is 0 Å². The molecule has 0 bridgehead atoms. The molecule has 0 aromatic heterocycles. The van der Waals surface area contributed by atoms with Gasteiger partial charge in [-0.3, -0.25) is 9.59 Å². The Morgan fingerprint density at radius 3 is 2.37 bits per heavy atom. The minimum Gasteiger partial charge on any atom is -0.381 e. The summed E-state index contributed by atoms with van der Waals surface area (Å²) in [5.74, 6) is -0.733. The van der Waals surface area contributed by atoms with Gasteiger partial charge in [0, 0.05) is 39.2 Å². The van der Waals surface area contributed by atoms with Gasteiger partial charge in [-0.1, -0.05) is 42.5 Å². The van der Waals surface area contributed by atoms with Crippen molar-refractivity contribution >= 4 is 11.8 Å². The molecule has 2 aromatic carbocycles. The zero-order valence-electron chi connectivity index (χ0n) is 17.3. The first-order chi connectivity index (χ1) is 14.6. The first-order valence-corrected chi connectivity index (χ1v) is 10.6. The first-order valence-electron chi connectivity index (χ1n) is 10.6. The Balaban J connectivity index is 1.36. The summed E-state index contributed by atoms with van der Waals surface area (Å²) in [6.07, 6.45) is 2.68. The summed E-state index contributed by atoms with van der Waals surface area (Å²) >= 11 is 0. The number of carbonyl (C=O) groups excluding carboxylic acids is 2. The van der Waals surface area contributed by atoms with Gasteiger partial charge in [-0.05, 0) is 37.0 Å². The van der Waals surface area contributed by atoms with Crippen molar-refractivity contribution in [2.24, 2.45) is 0 Å². The molecule has 2 aromatic rings. The molecule has 0 unspecified atom stereocenters. The van der Waals surface area contributed by atoms with Gasteiger partial charge in [0.25, 0.3) is 5.91 Å². The summed E-state index contributed by atoms with van der Waals surface area (Å²) in [6, 6.07) is 16.2. The lowest BCUT2D eigenvalue weighted by Gasteiger charge is -2.22. The maximum absolute atomic E-state index is 13.9. The number of ether oxygens (including phenoxy) is 1. The lowest BCUT2D eigenvalue weighted by Crippen LogP contribution is -2.37. The smallest absolute Gasteiger partial charge is 0.256 e. The van der Waals surface area contributed by atoms with E-state index in [4.69, 9.17) is 4.74 Å². The molecule has 3 rings (SSSR count). The van der Waals surface area contributed by atoms with Gasteiger partial charge in [-0.2, -0.15) is 0 Å². The van der Waals surface area contributed by atoms with Crippen molar-refractivity contribution in [3.63, 3.8) is 0 Å². The summed E-state index contributed by atoms with van der Waals surface area (Å²) in [4.78, 5) is 28.5. The highest BCUT2D eigenvalue weighted by Crippen LogP contribution is 2.13. The average Bonchev–Trinajstić information content (AvgIpc) is 3.03. The van der Waals surface area contributed by atoms with E-state index in [2.05, 4.69) is 12.1 Å². The van der Waals surface area contributed by atoms with Gasteiger partial charge in [0.1, 0.15) is 5.82 Å². The van der Waals surface area contributed by atoms with Crippen LogP contribution in [0.25, 0.3) is 0 Å². The largest absolute Gasteiger partial charge is 0.381 e. The molecule has 1 heterocycles. The Morgan fingerprint density at radius 2 is 1.57 bits per heavy atom. The molecule has 1 aliphatic rings. The zero-order valence-corrected chi connectivity index (χ0v) is 17.3. The molecule has 6 heteroatoms. The third-order valence-corrected chi connectivity index (χ3v) is 5.30. The minimum atomic E-state index is -0.507. The molecule has 0 atom stereocenters. The summed E-state index contributed by atoms with van der Waals surface area (Å²) in [7, 11) is 0.